The molecule has 0 bridgehead atoms. The Morgan fingerprint density at radius 1 is 1.41 bits per heavy atom. The highest BCUT2D eigenvalue weighted by molar-refractivity contribution is 5.87. The molecule has 0 amide bonds. The summed E-state index contributed by atoms with van der Waals surface area (Å²) >= 11 is 0. The average molecular weight is 232 g/mol. The third kappa shape index (κ3) is 2.39. The van der Waals surface area contributed by atoms with Crippen LogP contribution in [0.5, 0.6) is 0 Å². The van der Waals surface area contributed by atoms with Gasteiger partial charge in [-0.1, -0.05) is 12.1 Å². The zero-order chi connectivity index (χ0) is 12.3. The van der Waals surface area contributed by atoms with Crippen LogP contribution in [0.1, 0.15) is 5.56 Å². The summed E-state index contributed by atoms with van der Waals surface area (Å²) in [4.78, 5) is 10.4. The SMILES string of the molecule is O=C(O)C=Cc1cn[nH]c1-c1ccccc1F. The molecule has 2 aromatic rings. The maximum absolute atomic E-state index is 13.5. The molecule has 86 valence electrons. The molecule has 0 aliphatic rings. The van der Waals surface area contributed by atoms with E-state index in [9.17, 15) is 9.18 Å². The molecule has 1 heterocycles. The monoisotopic (exact) mass is 232 g/mol. The number of H-pyrrole nitrogens is 1. The average Bonchev–Trinajstić information content (AvgIpc) is 2.75. The number of hydrogen-bond donors (Lipinski definition) is 2. The minimum Gasteiger partial charge on any atom is -0.478 e. The summed E-state index contributed by atoms with van der Waals surface area (Å²) in [6.45, 7) is 0. The predicted octanol–water partition coefficient (Wildman–Crippen LogP) is 2.31. The van der Waals surface area contributed by atoms with E-state index in [1.54, 1.807) is 18.2 Å². The van der Waals surface area contributed by atoms with Crippen LogP contribution in [0.4, 0.5) is 4.39 Å². The van der Waals surface area contributed by atoms with E-state index in [1.807, 2.05) is 0 Å². The van der Waals surface area contributed by atoms with Crippen molar-refractivity contribution >= 4 is 12.0 Å². The molecule has 0 aliphatic carbocycles. The number of hydrogen-bond acceptors (Lipinski definition) is 2. The van der Waals surface area contributed by atoms with Gasteiger partial charge >= 0.3 is 5.97 Å². The number of nitrogens with zero attached hydrogens (tertiary/aromatic N) is 1. The summed E-state index contributed by atoms with van der Waals surface area (Å²) in [5.41, 5.74) is 1.34. The van der Waals surface area contributed by atoms with E-state index in [0.29, 0.717) is 16.8 Å². The van der Waals surface area contributed by atoms with Gasteiger partial charge in [0.15, 0.2) is 0 Å². The van der Waals surface area contributed by atoms with Crippen molar-refractivity contribution in [1.29, 1.82) is 0 Å². The van der Waals surface area contributed by atoms with Gasteiger partial charge in [0, 0.05) is 17.2 Å². The first-order valence-corrected chi connectivity index (χ1v) is 4.88. The summed E-state index contributed by atoms with van der Waals surface area (Å²) < 4.78 is 13.5. The summed E-state index contributed by atoms with van der Waals surface area (Å²) in [7, 11) is 0. The molecule has 0 atom stereocenters. The first kappa shape index (κ1) is 11.1. The predicted molar refractivity (Wildman–Crippen MR) is 60.7 cm³/mol. The smallest absolute Gasteiger partial charge is 0.328 e. The Hall–Kier alpha value is -2.43. The van der Waals surface area contributed by atoms with Crippen molar-refractivity contribution in [3.05, 3.63) is 47.9 Å². The van der Waals surface area contributed by atoms with E-state index in [0.717, 1.165) is 6.08 Å². The van der Waals surface area contributed by atoms with Gasteiger partial charge in [-0.3, -0.25) is 5.10 Å². The van der Waals surface area contributed by atoms with Crippen molar-refractivity contribution in [2.45, 2.75) is 0 Å². The first-order valence-electron chi connectivity index (χ1n) is 4.88. The molecule has 2 rings (SSSR count). The molecule has 0 spiro atoms. The molecule has 0 unspecified atom stereocenters. The fourth-order valence-corrected chi connectivity index (χ4v) is 1.46. The number of rotatable bonds is 3. The van der Waals surface area contributed by atoms with E-state index in [-0.39, 0.29) is 5.82 Å². The highest BCUT2D eigenvalue weighted by atomic mass is 19.1. The van der Waals surface area contributed by atoms with Crippen LogP contribution in [-0.2, 0) is 4.79 Å². The van der Waals surface area contributed by atoms with E-state index >= 15 is 0 Å². The summed E-state index contributed by atoms with van der Waals surface area (Å²) in [6, 6.07) is 6.22. The fourth-order valence-electron chi connectivity index (χ4n) is 1.46. The largest absolute Gasteiger partial charge is 0.478 e. The van der Waals surface area contributed by atoms with Gasteiger partial charge in [0.1, 0.15) is 5.82 Å². The lowest BCUT2D eigenvalue weighted by Crippen LogP contribution is -1.88. The molecular formula is C12H9FN2O2. The molecule has 0 saturated carbocycles. The molecule has 5 heteroatoms. The van der Waals surface area contributed by atoms with E-state index in [1.165, 1.54) is 18.3 Å². The van der Waals surface area contributed by atoms with Gasteiger partial charge in [-0.2, -0.15) is 5.10 Å². The van der Waals surface area contributed by atoms with Gasteiger partial charge in [0.2, 0.25) is 0 Å². The van der Waals surface area contributed by atoms with Crippen molar-refractivity contribution < 1.29 is 14.3 Å². The Kier molecular flexibility index (Phi) is 3.00. The zero-order valence-electron chi connectivity index (χ0n) is 8.72. The Morgan fingerprint density at radius 3 is 2.88 bits per heavy atom. The number of halogens is 1. The highest BCUT2D eigenvalue weighted by Gasteiger charge is 2.09. The van der Waals surface area contributed by atoms with Gasteiger partial charge in [-0.25, -0.2) is 9.18 Å². The van der Waals surface area contributed by atoms with Crippen LogP contribution >= 0.6 is 0 Å². The van der Waals surface area contributed by atoms with Gasteiger partial charge in [0.25, 0.3) is 0 Å². The van der Waals surface area contributed by atoms with Crippen LogP contribution in [0.25, 0.3) is 17.3 Å². The summed E-state index contributed by atoms with van der Waals surface area (Å²) in [5.74, 6) is -1.45. The number of nitrogens with one attached hydrogen (secondary N) is 1. The number of carboxylic acids is 1. The van der Waals surface area contributed by atoms with E-state index < -0.39 is 5.97 Å². The molecule has 0 aliphatic heterocycles. The number of aromatic nitrogens is 2. The molecule has 1 aromatic carbocycles. The molecule has 1 aromatic heterocycles. The van der Waals surface area contributed by atoms with E-state index in [2.05, 4.69) is 10.2 Å². The van der Waals surface area contributed by atoms with Crippen molar-refractivity contribution in [1.82, 2.24) is 10.2 Å². The molecular weight excluding hydrogens is 223 g/mol. The maximum atomic E-state index is 13.5. The van der Waals surface area contributed by atoms with Crippen LogP contribution in [0, 0.1) is 5.82 Å². The normalized spacial score (nSPS) is 10.9. The fraction of sp³-hybridized carbons (Fsp3) is 0. The Balaban J connectivity index is 2.44. The van der Waals surface area contributed by atoms with Crippen molar-refractivity contribution in [3.63, 3.8) is 0 Å². The Bertz CT molecular complexity index is 575. The van der Waals surface area contributed by atoms with Crippen LogP contribution in [-0.4, -0.2) is 21.3 Å². The number of aromatic amines is 1. The summed E-state index contributed by atoms with van der Waals surface area (Å²) in [5, 5.41) is 15.0. The topological polar surface area (TPSA) is 66.0 Å². The lowest BCUT2D eigenvalue weighted by molar-refractivity contribution is -0.131. The number of carbonyl (C=O) groups is 1. The van der Waals surface area contributed by atoms with Gasteiger partial charge < -0.3 is 5.11 Å². The molecule has 0 fully saturated rings. The van der Waals surface area contributed by atoms with Crippen molar-refractivity contribution in [3.8, 4) is 11.3 Å². The molecule has 17 heavy (non-hydrogen) atoms. The van der Waals surface area contributed by atoms with Gasteiger partial charge in [0.05, 0.1) is 11.9 Å². The van der Waals surface area contributed by atoms with Crippen LogP contribution in [0.2, 0.25) is 0 Å². The molecule has 0 saturated heterocycles. The Labute approximate surface area is 96.4 Å². The lowest BCUT2D eigenvalue weighted by atomic mass is 10.1. The lowest BCUT2D eigenvalue weighted by Gasteiger charge is -2.00. The second kappa shape index (κ2) is 4.61. The number of carboxylic acid groups (broad SMARTS) is 1. The van der Waals surface area contributed by atoms with Crippen LogP contribution in [0.3, 0.4) is 0 Å². The first-order chi connectivity index (χ1) is 8.18. The molecule has 2 N–H and O–H groups in total. The quantitative estimate of drug-likeness (QED) is 0.798. The minimum atomic E-state index is -1.06. The number of aliphatic carboxylic acids is 1. The highest BCUT2D eigenvalue weighted by Crippen LogP contribution is 2.24. The van der Waals surface area contributed by atoms with Crippen LogP contribution < -0.4 is 0 Å². The third-order valence-electron chi connectivity index (χ3n) is 2.22. The van der Waals surface area contributed by atoms with Crippen LogP contribution in [0.15, 0.2) is 36.5 Å². The molecule has 0 radical (unpaired) electrons. The van der Waals surface area contributed by atoms with Crippen molar-refractivity contribution in [2.24, 2.45) is 0 Å². The van der Waals surface area contributed by atoms with Crippen molar-refractivity contribution in [2.75, 3.05) is 0 Å². The van der Waals surface area contributed by atoms with Gasteiger partial charge in [-0.15, -0.1) is 0 Å². The Morgan fingerprint density at radius 2 is 2.18 bits per heavy atom. The third-order valence-corrected chi connectivity index (χ3v) is 2.22. The second-order valence-electron chi connectivity index (χ2n) is 3.35. The van der Waals surface area contributed by atoms with E-state index in [4.69, 9.17) is 5.11 Å². The molecule has 4 nitrogen and oxygen atoms in total. The zero-order valence-corrected chi connectivity index (χ0v) is 8.72. The maximum Gasteiger partial charge on any atom is 0.328 e. The standard InChI is InChI=1S/C12H9FN2O2/c13-10-4-2-1-3-9(10)12-8(7-14-15-12)5-6-11(16)17/h1-7H,(H,14,15)(H,16,17). The number of benzene rings is 1. The van der Waals surface area contributed by atoms with Gasteiger partial charge in [-0.05, 0) is 18.2 Å². The minimum absolute atomic E-state index is 0.357. The second-order valence-corrected chi connectivity index (χ2v) is 3.35. The summed E-state index contributed by atoms with van der Waals surface area (Å²) in [6.07, 6.45) is 3.80.